The molecular formula is C30H27N3O3. The largest absolute Gasteiger partial charge is 0.308 e. The monoisotopic (exact) mass is 477 g/mol. The molecule has 1 heterocycles. The van der Waals surface area contributed by atoms with E-state index in [4.69, 9.17) is 0 Å². The maximum Gasteiger partial charge on any atom is 0.235 e. The summed E-state index contributed by atoms with van der Waals surface area (Å²) in [5, 5.41) is 2.19. The van der Waals surface area contributed by atoms with E-state index in [1.54, 1.807) is 35.2 Å². The number of carbonyl (C=O) groups excluding carboxylic acids is 3. The summed E-state index contributed by atoms with van der Waals surface area (Å²) in [6, 6.07) is 22.9. The molecule has 1 saturated carbocycles. The number of hydrogen-bond acceptors (Lipinski definition) is 5. The van der Waals surface area contributed by atoms with Gasteiger partial charge in [-0.2, -0.15) is 0 Å². The lowest BCUT2D eigenvalue weighted by molar-refractivity contribution is -0.117. The van der Waals surface area contributed by atoms with Crippen molar-refractivity contribution in [2.75, 3.05) is 4.90 Å². The average molecular weight is 478 g/mol. The summed E-state index contributed by atoms with van der Waals surface area (Å²) >= 11 is 0. The lowest BCUT2D eigenvalue weighted by Crippen LogP contribution is -2.32. The molecule has 0 aliphatic heterocycles. The van der Waals surface area contributed by atoms with Crippen LogP contribution in [0.3, 0.4) is 0 Å². The number of aromatic nitrogens is 2. The molecule has 1 aliphatic carbocycles. The van der Waals surface area contributed by atoms with Crippen molar-refractivity contribution in [3.63, 3.8) is 0 Å². The van der Waals surface area contributed by atoms with Gasteiger partial charge in [0.1, 0.15) is 0 Å². The molecule has 1 amide bonds. The molecule has 1 fully saturated rings. The van der Waals surface area contributed by atoms with Crippen LogP contribution in [0, 0.1) is 5.92 Å². The van der Waals surface area contributed by atoms with E-state index in [2.05, 4.69) is 16.0 Å². The number of nitrogens with zero attached hydrogens (tertiary/aromatic N) is 3. The lowest BCUT2D eigenvalue weighted by atomic mass is 9.96. The summed E-state index contributed by atoms with van der Waals surface area (Å²) in [6.45, 7) is 0.294. The molecule has 5 rings (SSSR count). The average Bonchev–Trinajstić information content (AvgIpc) is 3.47. The van der Waals surface area contributed by atoms with Crippen LogP contribution in [0.25, 0.3) is 10.8 Å². The van der Waals surface area contributed by atoms with Gasteiger partial charge in [0.2, 0.25) is 11.7 Å². The molecular weight excluding hydrogens is 450 g/mol. The Morgan fingerprint density at radius 3 is 2.22 bits per heavy atom. The molecule has 4 aromatic rings. The van der Waals surface area contributed by atoms with Crippen molar-refractivity contribution in [1.29, 1.82) is 0 Å². The predicted octanol–water partition coefficient (Wildman–Crippen LogP) is 5.81. The van der Waals surface area contributed by atoms with Crippen molar-refractivity contribution in [3.8, 4) is 0 Å². The van der Waals surface area contributed by atoms with Gasteiger partial charge in [0, 0.05) is 29.6 Å². The quantitative estimate of drug-likeness (QED) is 0.236. The zero-order valence-electron chi connectivity index (χ0n) is 20.0. The van der Waals surface area contributed by atoms with Crippen LogP contribution in [-0.2, 0) is 11.3 Å². The van der Waals surface area contributed by atoms with Crippen molar-refractivity contribution >= 4 is 33.9 Å². The molecule has 180 valence electrons. The van der Waals surface area contributed by atoms with E-state index in [0.29, 0.717) is 17.8 Å². The van der Waals surface area contributed by atoms with Crippen molar-refractivity contribution in [2.24, 2.45) is 5.92 Å². The molecule has 0 atom stereocenters. The first-order valence-electron chi connectivity index (χ1n) is 12.3. The number of benzene rings is 3. The highest BCUT2D eigenvalue weighted by Gasteiger charge is 2.25. The summed E-state index contributed by atoms with van der Waals surface area (Å²) < 4.78 is 0. The van der Waals surface area contributed by atoms with Gasteiger partial charge in [-0.15, -0.1) is 0 Å². The first-order valence-corrected chi connectivity index (χ1v) is 12.3. The summed E-state index contributed by atoms with van der Waals surface area (Å²) in [6.07, 6.45) is 6.70. The molecule has 1 aromatic heterocycles. The number of hydrogen-bond donors (Lipinski definition) is 0. The maximum atomic E-state index is 13.4. The molecule has 0 radical (unpaired) electrons. The Balaban J connectivity index is 1.42. The number of carbonyl (C=O) groups is 3. The maximum absolute atomic E-state index is 13.4. The van der Waals surface area contributed by atoms with Crippen LogP contribution >= 0.6 is 0 Å². The Labute approximate surface area is 210 Å². The molecule has 1 aliphatic rings. The molecule has 0 bridgehead atoms. The standard InChI is InChI=1S/C30H27N3O3/c34-27(30-31-16-5-17-32-30)19-28(35)33(20-21-10-11-22-6-1-4-9-25(22)18-21)26-14-12-24(13-15-26)29(36)23-7-2-3-8-23/h1,4-6,9-18,23H,2-3,7-8,19-20H2. The highest BCUT2D eigenvalue weighted by Crippen LogP contribution is 2.29. The number of Topliss-reactive ketones (excluding diaryl/α,β-unsaturated/α-hetero) is 2. The number of amides is 1. The molecule has 0 unspecified atom stereocenters. The van der Waals surface area contributed by atoms with Crippen LogP contribution in [0.2, 0.25) is 0 Å². The van der Waals surface area contributed by atoms with Crippen molar-refractivity contribution in [1.82, 2.24) is 9.97 Å². The normalized spacial score (nSPS) is 13.6. The molecule has 6 heteroatoms. The highest BCUT2D eigenvalue weighted by molar-refractivity contribution is 6.10. The van der Waals surface area contributed by atoms with Crippen LogP contribution < -0.4 is 4.90 Å². The van der Waals surface area contributed by atoms with Crippen LogP contribution in [0.4, 0.5) is 5.69 Å². The van der Waals surface area contributed by atoms with Gasteiger partial charge in [-0.25, -0.2) is 9.97 Å². The van der Waals surface area contributed by atoms with Crippen LogP contribution in [0.5, 0.6) is 0 Å². The fraction of sp³-hybridized carbons (Fsp3) is 0.233. The van der Waals surface area contributed by atoms with Gasteiger partial charge < -0.3 is 4.90 Å². The summed E-state index contributed by atoms with van der Waals surface area (Å²) in [5.74, 6) is -0.501. The minimum atomic E-state index is -0.433. The van der Waals surface area contributed by atoms with Crippen molar-refractivity contribution < 1.29 is 14.4 Å². The topological polar surface area (TPSA) is 80.2 Å². The van der Waals surface area contributed by atoms with Gasteiger partial charge >= 0.3 is 0 Å². The van der Waals surface area contributed by atoms with Crippen LogP contribution in [-0.4, -0.2) is 27.4 Å². The molecule has 0 saturated heterocycles. The van der Waals surface area contributed by atoms with E-state index in [0.717, 1.165) is 42.0 Å². The fourth-order valence-electron chi connectivity index (χ4n) is 4.83. The summed E-state index contributed by atoms with van der Waals surface area (Å²) in [7, 11) is 0. The molecule has 3 aromatic carbocycles. The van der Waals surface area contributed by atoms with Gasteiger partial charge in [0.15, 0.2) is 11.6 Å². The zero-order valence-corrected chi connectivity index (χ0v) is 20.0. The van der Waals surface area contributed by atoms with E-state index in [1.807, 2.05) is 36.4 Å². The second-order valence-corrected chi connectivity index (χ2v) is 9.23. The van der Waals surface area contributed by atoms with Gasteiger partial charge in [-0.1, -0.05) is 49.2 Å². The summed E-state index contributed by atoms with van der Waals surface area (Å²) in [5.41, 5.74) is 2.24. The van der Waals surface area contributed by atoms with Gasteiger partial charge in [0.25, 0.3) is 0 Å². The second kappa shape index (κ2) is 10.6. The molecule has 36 heavy (non-hydrogen) atoms. The Hall–Kier alpha value is -4.19. The third-order valence-corrected chi connectivity index (χ3v) is 6.77. The Morgan fingerprint density at radius 2 is 1.50 bits per heavy atom. The lowest BCUT2D eigenvalue weighted by Gasteiger charge is -2.23. The Kier molecular flexibility index (Phi) is 6.94. The van der Waals surface area contributed by atoms with E-state index < -0.39 is 5.78 Å². The fourth-order valence-corrected chi connectivity index (χ4v) is 4.83. The highest BCUT2D eigenvalue weighted by atomic mass is 16.2. The molecule has 0 N–H and O–H groups in total. The Morgan fingerprint density at radius 1 is 0.806 bits per heavy atom. The summed E-state index contributed by atoms with van der Waals surface area (Å²) in [4.78, 5) is 48.5. The minimum absolute atomic E-state index is 0.0222. The van der Waals surface area contributed by atoms with Crippen molar-refractivity contribution in [2.45, 2.75) is 38.6 Å². The van der Waals surface area contributed by atoms with Gasteiger partial charge in [0.05, 0.1) is 13.0 Å². The SMILES string of the molecule is O=C(CC(=O)N(Cc1ccc2ccccc2c1)c1ccc(C(=O)C2CCCC2)cc1)c1ncccn1. The number of rotatable bonds is 8. The zero-order chi connectivity index (χ0) is 24.9. The molecule has 0 spiro atoms. The third-order valence-electron chi connectivity index (χ3n) is 6.77. The first kappa shape index (κ1) is 23.5. The number of anilines is 1. The predicted molar refractivity (Wildman–Crippen MR) is 139 cm³/mol. The number of fused-ring (bicyclic) bond motifs is 1. The van der Waals surface area contributed by atoms with Crippen LogP contribution in [0.1, 0.15) is 58.6 Å². The van der Waals surface area contributed by atoms with E-state index in [-0.39, 0.29) is 29.9 Å². The second-order valence-electron chi connectivity index (χ2n) is 9.23. The molecule has 6 nitrogen and oxygen atoms in total. The van der Waals surface area contributed by atoms with E-state index in [9.17, 15) is 14.4 Å². The van der Waals surface area contributed by atoms with Gasteiger partial charge in [-0.05, 0) is 65.6 Å². The van der Waals surface area contributed by atoms with E-state index in [1.165, 1.54) is 12.4 Å². The van der Waals surface area contributed by atoms with E-state index >= 15 is 0 Å². The van der Waals surface area contributed by atoms with Crippen LogP contribution in [0.15, 0.2) is 85.2 Å². The van der Waals surface area contributed by atoms with Crippen molar-refractivity contribution in [3.05, 3.63) is 102 Å². The smallest absolute Gasteiger partial charge is 0.235 e. The number of ketones is 2. The third kappa shape index (κ3) is 5.23. The van der Waals surface area contributed by atoms with Gasteiger partial charge in [-0.3, -0.25) is 14.4 Å². The minimum Gasteiger partial charge on any atom is -0.308 e. The Bertz CT molecular complexity index is 1390. The first-order chi connectivity index (χ1) is 17.6.